The van der Waals surface area contributed by atoms with Crippen LogP contribution >= 0.6 is 0 Å². The highest BCUT2D eigenvalue weighted by molar-refractivity contribution is 5.85. The summed E-state index contributed by atoms with van der Waals surface area (Å²) in [5.74, 6) is 0.0647. The molecule has 0 aliphatic carbocycles. The molecule has 26 heavy (non-hydrogen) atoms. The van der Waals surface area contributed by atoms with Crippen molar-refractivity contribution in [3.63, 3.8) is 0 Å². The minimum absolute atomic E-state index is 0.00142. The van der Waals surface area contributed by atoms with Gasteiger partial charge in [0.1, 0.15) is 17.1 Å². The van der Waals surface area contributed by atoms with Crippen LogP contribution in [0.25, 0.3) is 11.0 Å². The van der Waals surface area contributed by atoms with Gasteiger partial charge in [-0.1, -0.05) is 56.3 Å². The van der Waals surface area contributed by atoms with Crippen molar-refractivity contribution in [2.24, 2.45) is 0 Å². The predicted octanol–water partition coefficient (Wildman–Crippen LogP) is 4.94. The quantitative estimate of drug-likeness (QED) is 0.610. The van der Waals surface area contributed by atoms with Crippen LogP contribution in [0.4, 0.5) is 0 Å². The van der Waals surface area contributed by atoms with Crippen LogP contribution in [-0.4, -0.2) is 12.9 Å². The molecule has 0 spiro atoms. The molecule has 4 nitrogen and oxygen atoms in total. The molecule has 0 aliphatic rings. The minimum atomic E-state index is -0.472. The lowest BCUT2D eigenvalue weighted by Crippen LogP contribution is -2.17. The fourth-order valence-electron chi connectivity index (χ4n) is 3.02. The summed E-state index contributed by atoms with van der Waals surface area (Å²) in [4.78, 5) is 24.5. The Labute approximate surface area is 153 Å². The molecule has 1 aromatic heterocycles. The molecule has 136 valence electrons. The zero-order chi connectivity index (χ0) is 19.1. The molecule has 4 heteroatoms. The summed E-state index contributed by atoms with van der Waals surface area (Å²) < 4.78 is 11.0. The van der Waals surface area contributed by atoms with Gasteiger partial charge in [0.2, 0.25) is 0 Å². The first-order chi connectivity index (χ1) is 12.6. The van der Waals surface area contributed by atoms with Crippen molar-refractivity contribution in [2.75, 3.05) is 7.11 Å². The Bertz CT molecular complexity index is 926. The SMILES string of the molecule is CC.COc1c(C(CC(C)=O)c2ccccc2)c(=O)oc2ccccc12. The summed E-state index contributed by atoms with van der Waals surface area (Å²) in [6.07, 6.45) is 0.212. The molecule has 0 saturated heterocycles. The average molecular weight is 352 g/mol. The number of benzene rings is 2. The first kappa shape index (κ1) is 19.4. The number of fused-ring (bicyclic) bond motifs is 1. The fraction of sp³-hybridized carbons (Fsp3) is 0.273. The van der Waals surface area contributed by atoms with Gasteiger partial charge in [-0.2, -0.15) is 0 Å². The van der Waals surface area contributed by atoms with Crippen LogP contribution in [-0.2, 0) is 4.79 Å². The highest BCUT2D eigenvalue weighted by atomic mass is 16.5. The van der Waals surface area contributed by atoms with Crippen LogP contribution in [0.5, 0.6) is 5.75 Å². The van der Waals surface area contributed by atoms with E-state index in [1.54, 1.807) is 12.1 Å². The molecule has 2 aromatic carbocycles. The number of para-hydroxylation sites is 1. The molecule has 1 heterocycles. The Morgan fingerprint density at radius 2 is 1.65 bits per heavy atom. The maximum Gasteiger partial charge on any atom is 0.343 e. The topological polar surface area (TPSA) is 56.5 Å². The fourth-order valence-corrected chi connectivity index (χ4v) is 3.02. The third kappa shape index (κ3) is 4.02. The number of ketones is 1. The van der Waals surface area contributed by atoms with E-state index in [-0.39, 0.29) is 12.2 Å². The average Bonchev–Trinajstić information content (AvgIpc) is 2.67. The molecule has 0 aliphatic heterocycles. The van der Waals surface area contributed by atoms with E-state index in [1.165, 1.54) is 14.0 Å². The van der Waals surface area contributed by atoms with Crippen LogP contribution in [0.15, 0.2) is 63.8 Å². The molecule has 3 rings (SSSR count). The molecule has 0 amide bonds. The number of ether oxygens (including phenoxy) is 1. The largest absolute Gasteiger partial charge is 0.495 e. The number of hydrogen-bond acceptors (Lipinski definition) is 4. The van der Waals surface area contributed by atoms with E-state index in [1.807, 2.05) is 56.3 Å². The van der Waals surface area contributed by atoms with E-state index in [4.69, 9.17) is 9.15 Å². The predicted molar refractivity (Wildman–Crippen MR) is 104 cm³/mol. The monoisotopic (exact) mass is 352 g/mol. The highest BCUT2D eigenvalue weighted by Gasteiger charge is 2.26. The minimum Gasteiger partial charge on any atom is -0.495 e. The number of Topliss-reactive ketones (excluding diaryl/α,β-unsaturated/α-hetero) is 1. The van der Waals surface area contributed by atoms with Gasteiger partial charge in [-0.05, 0) is 24.6 Å². The van der Waals surface area contributed by atoms with E-state index >= 15 is 0 Å². The summed E-state index contributed by atoms with van der Waals surface area (Å²) >= 11 is 0. The van der Waals surface area contributed by atoms with Gasteiger partial charge >= 0.3 is 5.63 Å². The van der Waals surface area contributed by atoms with Crippen LogP contribution in [0.1, 0.15) is 44.2 Å². The highest BCUT2D eigenvalue weighted by Crippen LogP contribution is 2.36. The number of hydrogen-bond donors (Lipinski definition) is 0. The van der Waals surface area contributed by atoms with Crippen molar-refractivity contribution < 1.29 is 13.9 Å². The van der Waals surface area contributed by atoms with Crippen molar-refractivity contribution in [2.45, 2.75) is 33.1 Å². The van der Waals surface area contributed by atoms with Gasteiger partial charge in [-0.15, -0.1) is 0 Å². The molecular formula is C22H24O4. The van der Waals surface area contributed by atoms with Gasteiger partial charge in [0, 0.05) is 12.3 Å². The lowest BCUT2D eigenvalue weighted by atomic mass is 9.87. The third-order valence-electron chi connectivity index (χ3n) is 4.04. The summed E-state index contributed by atoms with van der Waals surface area (Å²) in [5, 5.41) is 0.721. The third-order valence-corrected chi connectivity index (χ3v) is 4.04. The summed E-state index contributed by atoms with van der Waals surface area (Å²) in [7, 11) is 1.53. The van der Waals surface area contributed by atoms with E-state index < -0.39 is 11.5 Å². The molecule has 0 radical (unpaired) electrons. The Balaban J connectivity index is 0.00000117. The van der Waals surface area contributed by atoms with Gasteiger partial charge in [0.05, 0.1) is 18.1 Å². The van der Waals surface area contributed by atoms with Crippen LogP contribution in [0, 0.1) is 0 Å². The number of methoxy groups -OCH3 is 1. The Morgan fingerprint density at radius 3 is 2.27 bits per heavy atom. The van der Waals surface area contributed by atoms with Gasteiger partial charge in [-0.3, -0.25) is 4.79 Å². The smallest absolute Gasteiger partial charge is 0.343 e. The molecule has 0 fully saturated rings. The Hall–Kier alpha value is -2.88. The van der Waals surface area contributed by atoms with Gasteiger partial charge in [0.25, 0.3) is 0 Å². The molecule has 0 saturated carbocycles. The van der Waals surface area contributed by atoms with Crippen LogP contribution in [0.3, 0.4) is 0 Å². The van der Waals surface area contributed by atoms with Crippen molar-refractivity contribution in [3.05, 3.63) is 76.1 Å². The Kier molecular flexibility index (Phi) is 6.73. The molecule has 0 N–H and O–H groups in total. The Morgan fingerprint density at radius 1 is 1.04 bits per heavy atom. The number of rotatable bonds is 5. The van der Waals surface area contributed by atoms with E-state index in [9.17, 15) is 9.59 Å². The molecule has 0 bridgehead atoms. The molecule has 3 aromatic rings. The van der Waals surface area contributed by atoms with Crippen molar-refractivity contribution in [1.29, 1.82) is 0 Å². The van der Waals surface area contributed by atoms with E-state index in [0.717, 1.165) is 10.9 Å². The summed E-state index contributed by atoms with van der Waals surface area (Å²) in [6.45, 7) is 5.52. The second kappa shape index (κ2) is 8.99. The van der Waals surface area contributed by atoms with Crippen molar-refractivity contribution >= 4 is 16.8 Å². The standard InChI is InChI=1S/C20H18O4.C2H6/c1-13(21)12-16(14-8-4-3-5-9-14)18-19(23-2)15-10-6-7-11-17(15)24-20(18)22;1-2/h3-11,16H,12H2,1-2H3;1-2H3. The molecule has 1 atom stereocenters. The number of carbonyl (C=O) groups excluding carboxylic acids is 1. The second-order valence-electron chi connectivity index (χ2n) is 5.70. The lowest BCUT2D eigenvalue weighted by Gasteiger charge is -2.19. The lowest BCUT2D eigenvalue weighted by molar-refractivity contribution is -0.117. The van der Waals surface area contributed by atoms with Crippen molar-refractivity contribution in [1.82, 2.24) is 0 Å². The van der Waals surface area contributed by atoms with Crippen LogP contribution < -0.4 is 10.4 Å². The molecule has 1 unspecified atom stereocenters. The molecular weight excluding hydrogens is 328 g/mol. The van der Waals surface area contributed by atoms with E-state index in [0.29, 0.717) is 16.9 Å². The van der Waals surface area contributed by atoms with Crippen LogP contribution in [0.2, 0.25) is 0 Å². The summed E-state index contributed by atoms with van der Waals surface area (Å²) in [5.41, 5.74) is 1.27. The van der Waals surface area contributed by atoms with Gasteiger partial charge in [0.15, 0.2) is 0 Å². The normalized spacial score (nSPS) is 11.4. The van der Waals surface area contributed by atoms with Crippen molar-refractivity contribution in [3.8, 4) is 5.75 Å². The van der Waals surface area contributed by atoms with Gasteiger partial charge < -0.3 is 9.15 Å². The van der Waals surface area contributed by atoms with E-state index in [2.05, 4.69) is 0 Å². The zero-order valence-electron chi connectivity index (χ0n) is 15.6. The summed E-state index contributed by atoms with van der Waals surface area (Å²) in [6, 6.07) is 16.7. The first-order valence-corrected chi connectivity index (χ1v) is 8.76. The first-order valence-electron chi connectivity index (χ1n) is 8.76. The number of carbonyl (C=O) groups is 1. The maximum atomic E-state index is 12.7. The maximum absolute atomic E-state index is 12.7. The van der Waals surface area contributed by atoms with Gasteiger partial charge in [-0.25, -0.2) is 4.79 Å². The second-order valence-corrected chi connectivity index (χ2v) is 5.70. The zero-order valence-corrected chi connectivity index (χ0v) is 15.6.